The molecule has 6 heteroatoms. The molecule has 2 aromatic rings. The van der Waals surface area contributed by atoms with E-state index in [2.05, 4.69) is 11.4 Å². The van der Waals surface area contributed by atoms with Gasteiger partial charge in [-0.2, -0.15) is 0 Å². The van der Waals surface area contributed by atoms with Crippen molar-refractivity contribution in [2.24, 2.45) is 0 Å². The number of hydrogen-bond acceptors (Lipinski definition) is 4. The minimum absolute atomic E-state index is 0.00922. The summed E-state index contributed by atoms with van der Waals surface area (Å²) in [4.78, 5) is 26.5. The Bertz CT molecular complexity index is 868. The smallest absolute Gasteiger partial charge is 0.243 e. The summed E-state index contributed by atoms with van der Waals surface area (Å²) in [5.74, 6) is 1.56. The van der Waals surface area contributed by atoms with Crippen LogP contribution in [0.15, 0.2) is 48.5 Å². The van der Waals surface area contributed by atoms with E-state index in [1.807, 2.05) is 42.5 Å². The van der Waals surface area contributed by atoms with E-state index in [4.69, 9.17) is 9.47 Å². The molecule has 0 radical (unpaired) electrons. The predicted octanol–water partition coefficient (Wildman–Crippen LogP) is 3.09. The van der Waals surface area contributed by atoms with Gasteiger partial charge in [-0.3, -0.25) is 14.5 Å². The van der Waals surface area contributed by atoms with Gasteiger partial charge in [0.1, 0.15) is 19.3 Å². The van der Waals surface area contributed by atoms with E-state index in [0.29, 0.717) is 32.6 Å². The highest BCUT2D eigenvalue weighted by atomic mass is 16.6. The van der Waals surface area contributed by atoms with Gasteiger partial charge in [-0.05, 0) is 55.5 Å². The Morgan fingerprint density at radius 3 is 2.66 bits per heavy atom. The van der Waals surface area contributed by atoms with Gasteiger partial charge in [0.2, 0.25) is 11.8 Å². The van der Waals surface area contributed by atoms with Gasteiger partial charge in [-0.25, -0.2) is 0 Å². The highest BCUT2D eigenvalue weighted by molar-refractivity contribution is 6.03. The summed E-state index contributed by atoms with van der Waals surface area (Å²) < 4.78 is 11.2. The van der Waals surface area contributed by atoms with E-state index in [1.54, 1.807) is 4.90 Å². The monoisotopic (exact) mass is 394 g/mol. The molecule has 6 nitrogen and oxygen atoms in total. The van der Waals surface area contributed by atoms with Gasteiger partial charge in [0.25, 0.3) is 0 Å². The van der Waals surface area contributed by atoms with Crippen LogP contribution in [0.1, 0.15) is 31.2 Å². The minimum atomic E-state index is -0.414. The van der Waals surface area contributed by atoms with E-state index in [9.17, 15) is 9.59 Å². The molecule has 1 unspecified atom stereocenters. The van der Waals surface area contributed by atoms with E-state index in [0.717, 1.165) is 36.4 Å². The summed E-state index contributed by atoms with van der Waals surface area (Å²) in [7, 11) is 0. The number of aryl methyl sites for hydroxylation is 1. The van der Waals surface area contributed by atoms with Gasteiger partial charge in [0, 0.05) is 18.7 Å². The third-order valence-electron chi connectivity index (χ3n) is 5.35. The topological polar surface area (TPSA) is 67.9 Å². The van der Waals surface area contributed by atoms with Crippen LogP contribution in [0.4, 0.5) is 5.69 Å². The lowest BCUT2D eigenvalue weighted by atomic mass is 10.1. The van der Waals surface area contributed by atoms with Crippen LogP contribution in [-0.4, -0.2) is 37.6 Å². The molecule has 0 aromatic heterocycles. The molecule has 0 spiro atoms. The van der Waals surface area contributed by atoms with E-state index < -0.39 is 6.04 Å². The first-order valence-corrected chi connectivity index (χ1v) is 10.3. The number of fused-ring (bicyclic) bond motifs is 1. The van der Waals surface area contributed by atoms with Crippen LogP contribution in [0.2, 0.25) is 0 Å². The number of rotatable bonds is 7. The maximum atomic E-state index is 12.6. The number of unbranched alkanes of at least 4 members (excludes halogenated alkanes) is 1. The molecule has 0 aliphatic carbocycles. The number of carbonyl (C=O) groups is 2. The number of para-hydroxylation sites is 1. The highest BCUT2D eigenvalue weighted by Crippen LogP contribution is 2.31. The van der Waals surface area contributed by atoms with Crippen LogP contribution in [0.25, 0.3) is 0 Å². The van der Waals surface area contributed by atoms with Crippen molar-refractivity contribution < 1.29 is 19.1 Å². The number of amides is 2. The molecular weight excluding hydrogens is 368 g/mol. The lowest BCUT2D eigenvalue weighted by molar-refractivity contribution is -0.123. The first-order chi connectivity index (χ1) is 14.2. The normalized spacial score (nSPS) is 18.0. The van der Waals surface area contributed by atoms with Crippen LogP contribution in [-0.2, 0) is 16.0 Å². The number of nitrogens with one attached hydrogen (secondary N) is 1. The van der Waals surface area contributed by atoms with Crippen molar-refractivity contribution in [3.63, 3.8) is 0 Å². The SMILES string of the molecule is O=C(NCCCCc1ccc2c(c1)OCCO2)C1CCC(=O)N1c1ccccc1. The van der Waals surface area contributed by atoms with Crippen molar-refractivity contribution in [1.82, 2.24) is 5.32 Å². The summed E-state index contributed by atoms with van der Waals surface area (Å²) in [6, 6.07) is 15.1. The number of anilines is 1. The lowest BCUT2D eigenvalue weighted by Crippen LogP contribution is -2.45. The van der Waals surface area contributed by atoms with Gasteiger partial charge in [0.15, 0.2) is 11.5 Å². The van der Waals surface area contributed by atoms with Crippen LogP contribution >= 0.6 is 0 Å². The third kappa shape index (κ3) is 4.53. The van der Waals surface area contributed by atoms with E-state index in [-0.39, 0.29) is 11.8 Å². The molecule has 2 aliphatic heterocycles. The third-order valence-corrected chi connectivity index (χ3v) is 5.35. The zero-order chi connectivity index (χ0) is 20.1. The predicted molar refractivity (Wildman–Crippen MR) is 110 cm³/mol. The fourth-order valence-electron chi connectivity index (χ4n) is 3.87. The van der Waals surface area contributed by atoms with Gasteiger partial charge in [-0.15, -0.1) is 0 Å². The Labute approximate surface area is 170 Å². The summed E-state index contributed by atoms with van der Waals surface area (Å²) in [6.45, 7) is 1.79. The van der Waals surface area contributed by atoms with Crippen LogP contribution in [0.3, 0.4) is 0 Å². The average Bonchev–Trinajstić information content (AvgIpc) is 3.15. The Morgan fingerprint density at radius 2 is 1.83 bits per heavy atom. The summed E-state index contributed by atoms with van der Waals surface area (Å²) in [6.07, 6.45) is 3.75. The van der Waals surface area contributed by atoms with Crippen molar-refractivity contribution in [2.75, 3.05) is 24.7 Å². The Balaban J connectivity index is 1.23. The van der Waals surface area contributed by atoms with Crippen LogP contribution in [0, 0.1) is 0 Å². The van der Waals surface area contributed by atoms with Crippen molar-refractivity contribution in [3.05, 3.63) is 54.1 Å². The molecule has 0 bridgehead atoms. The molecule has 1 N–H and O–H groups in total. The number of carbonyl (C=O) groups excluding carboxylic acids is 2. The molecular formula is C23H26N2O4. The Hall–Kier alpha value is -3.02. The zero-order valence-electron chi connectivity index (χ0n) is 16.4. The second-order valence-corrected chi connectivity index (χ2v) is 7.38. The molecule has 2 heterocycles. The number of nitrogens with zero attached hydrogens (tertiary/aromatic N) is 1. The molecule has 0 saturated carbocycles. The second kappa shape index (κ2) is 8.99. The van der Waals surface area contributed by atoms with Crippen LogP contribution < -0.4 is 19.7 Å². The standard InChI is InChI=1S/C23H26N2O4/c26-22-12-10-19(25(22)18-7-2-1-3-8-18)23(27)24-13-5-4-6-17-9-11-20-21(16-17)29-15-14-28-20/h1-3,7-9,11,16,19H,4-6,10,12-15H2,(H,24,27). The molecule has 1 atom stereocenters. The summed E-state index contributed by atoms with van der Waals surface area (Å²) in [5.41, 5.74) is 1.99. The first-order valence-electron chi connectivity index (χ1n) is 10.3. The maximum Gasteiger partial charge on any atom is 0.243 e. The van der Waals surface area contributed by atoms with Crippen molar-refractivity contribution in [1.29, 1.82) is 0 Å². The Morgan fingerprint density at radius 1 is 1.03 bits per heavy atom. The van der Waals surface area contributed by atoms with Crippen molar-refractivity contribution in [3.8, 4) is 11.5 Å². The van der Waals surface area contributed by atoms with Crippen molar-refractivity contribution >= 4 is 17.5 Å². The summed E-state index contributed by atoms with van der Waals surface area (Å²) in [5, 5.41) is 3.00. The van der Waals surface area contributed by atoms with Crippen LogP contribution in [0.5, 0.6) is 11.5 Å². The quantitative estimate of drug-likeness (QED) is 0.733. The minimum Gasteiger partial charge on any atom is -0.486 e. The summed E-state index contributed by atoms with van der Waals surface area (Å²) >= 11 is 0. The van der Waals surface area contributed by atoms with E-state index >= 15 is 0 Å². The molecule has 2 amide bonds. The molecule has 2 aromatic carbocycles. The molecule has 152 valence electrons. The fraction of sp³-hybridized carbons (Fsp3) is 0.391. The molecule has 1 fully saturated rings. The van der Waals surface area contributed by atoms with Gasteiger partial charge >= 0.3 is 0 Å². The second-order valence-electron chi connectivity index (χ2n) is 7.38. The fourth-order valence-corrected chi connectivity index (χ4v) is 3.87. The zero-order valence-corrected chi connectivity index (χ0v) is 16.4. The number of benzene rings is 2. The molecule has 1 saturated heterocycles. The Kier molecular flexibility index (Phi) is 5.98. The van der Waals surface area contributed by atoms with Gasteiger partial charge in [-0.1, -0.05) is 24.3 Å². The largest absolute Gasteiger partial charge is 0.486 e. The highest BCUT2D eigenvalue weighted by Gasteiger charge is 2.36. The average molecular weight is 394 g/mol. The molecule has 29 heavy (non-hydrogen) atoms. The first kappa shape index (κ1) is 19.3. The van der Waals surface area contributed by atoms with Gasteiger partial charge < -0.3 is 14.8 Å². The molecule has 4 rings (SSSR count). The molecule has 2 aliphatic rings. The van der Waals surface area contributed by atoms with Crippen molar-refractivity contribution in [2.45, 2.75) is 38.1 Å². The van der Waals surface area contributed by atoms with Gasteiger partial charge in [0.05, 0.1) is 0 Å². The number of hydrogen-bond donors (Lipinski definition) is 1. The lowest BCUT2D eigenvalue weighted by Gasteiger charge is -2.24. The van der Waals surface area contributed by atoms with E-state index in [1.165, 1.54) is 5.56 Å². The maximum absolute atomic E-state index is 12.6. The number of ether oxygens (including phenoxy) is 2.